The third-order valence-electron chi connectivity index (χ3n) is 3.01. The van der Waals surface area contributed by atoms with Gasteiger partial charge >= 0.3 is 0 Å². The van der Waals surface area contributed by atoms with Crippen LogP contribution in [0.5, 0.6) is 0 Å². The summed E-state index contributed by atoms with van der Waals surface area (Å²) in [6.45, 7) is 5.79. The van der Waals surface area contributed by atoms with Crippen LogP contribution < -0.4 is 11.1 Å². The summed E-state index contributed by atoms with van der Waals surface area (Å²) in [5, 5.41) is 3.20. The van der Waals surface area contributed by atoms with Crippen molar-refractivity contribution in [2.75, 3.05) is 11.1 Å². The van der Waals surface area contributed by atoms with E-state index in [1.54, 1.807) is 6.07 Å². The van der Waals surface area contributed by atoms with E-state index in [0.29, 0.717) is 15.8 Å². The minimum absolute atomic E-state index is 0.0136. The van der Waals surface area contributed by atoms with Crippen LogP contribution in [-0.2, 0) is 0 Å². The van der Waals surface area contributed by atoms with Crippen molar-refractivity contribution in [1.82, 2.24) is 0 Å². The molecule has 1 atom stereocenters. The van der Waals surface area contributed by atoms with Crippen molar-refractivity contribution in [2.45, 2.75) is 26.8 Å². The number of nitrogen functional groups attached to an aromatic ring is 1. The summed E-state index contributed by atoms with van der Waals surface area (Å²) in [6, 6.07) is 4.90. The molecule has 19 heavy (non-hydrogen) atoms. The van der Waals surface area contributed by atoms with Gasteiger partial charge in [0.2, 0.25) is 0 Å². The van der Waals surface area contributed by atoms with Gasteiger partial charge in [0.1, 0.15) is 17.3 Å². The molecular weight excluding hydrogens is 311 g/mol. The lowest BCUT2D eigenvalue weighted by molar-refractivity contribution is 0.500. The van der Waals surface area contributed by atoms with Crippen molar-refractivity contribution in [3.63, 3.8) is 0 Å². The first-order chi connectivity index (χ1) is 8.88. The first-order valence-corrected chi connectivity index (χ1v) is 6.75. The summed E-state index contributed by atoms with van der Waals surface area (Å²) in [7, 11) is 0. The molecule has 0 bridgehead atoms. The quantitative estimate of drug-likeness (QED) is 0.813. The second-order valence-corrected chi connectivity index (χ2v) is 5.44. The average Bonchev–Trinajstić information content (AvgIpc) is 2.65. The number of anilines is 2. The van der Waals surface area contributed by atoms with E-state index in [1.165, 1.54) is 6.07 Å². The van der Waals surface area contributed by atoms with Crippen LogP contribution in [0.25, 0.3) is 0 Å². The summed E-state index contributed by atoms with van der Waals surface area (Å²) in [5.74, 6) is 1.37. The van der Waals surface area contributed by atoms with Crippen LogP contribution in [0.3, 0.4) is 0 Å². The van der Waals surface area contributed by atoms with E-state index in [9.17, 15) is 4.39 Å². The van der Waals surface area contributed by atoms with Crippen molar-refractivity contribution in [2.24, 2.45) is 0 Å². The fourth-order valence-corrected chi connectivity index (χ4v) is 2.44. The minimum Gasteiger partial charge on any atom is -0.466 e. The van der Waals surface area contributed by atoms with Gasteiger partial charge in [0, 0.05) is 11.6 Å². The lowest BCUT2D eigenvalue weighted by Crippen LogP contribution is -2.09. The fraction of sp³-hybridized carbons (Fsp3) is 0.286. The molecule has 5 heteroatoms. The summed E-state index contributed by atoms with van der Waals surface area (Å²) >= 11 is 3.11. The number of aryl methyl sites for hydroxylation is 2. The largest absolute Gasteiger partial charge is 0.466 e. The van der Waals surface area contributed by atoms with Gasteiger partial charge in [-0.3, -0.25) is 0 Å². The molecule has 0 radical (unpaired) electrons. The van der Waals surface area contributed by atoms with Crippen molar-refractivity contribution < 1.29 is 8.81 Å². The zero-order valence-corrected chi connectivity index (χ0v) is 12.6. The van der Waals surface area contributed by atoms with Crippen molar-refractivity contribution in [3.8, 4) is 0 Å². The molecule has 0 spiro atoms. The lowest BCUT2D eigenvalue weighted by Gasteiger charge is -2.16. The molecule has 3 N–H and O–H groups in total. The van der Waals surface area contributed by atoms with E-state index in [1.807, 2.05) is 26.8 Å². The molecule has 1 unspecified atom stereocenters. The standard InChI is InChI=1S/C14H16BrFN2O/c1-7-4-10(9(3)19-7)8(2)18-14-6-12(16)11(15)5-13(14)17/h4-6,8,18H,17H2,1-3H3. The van der Waals surface area contributed by atoms with E-state index in [2.05, 4.69) is 21.2 Å². The van der Waals surface area contributed by atoms with Gasteiger partial charge in [0.25, 0.3) is 0 Å². The lowest BCUT2D eigenvalue weighted by atomic mass is 10.1. The molecule has 102 valence electrons. The highest BCUT2D eigenvalue weighted by Gasteiger charge is 2.14. The predicted molar refractivity (Wildman–Crippen MR) is 78.7 cm³/mol. The average molecular weight is 327 g/mol. The van der Waals surface area contributed by atoms with Crippen LogP contribution in [-0.4, -0.2) is 0 Å². The fourth-order valence-electron chi connectivity index (χ4n) is 2.08. The van der Waals surface area contributed by atoms with Crippen molar-refractivity contribution in [1.29, 1.82) is 0 Å². The second kappa shape index (κ2) is 5.25. The number of benzene rings is 1. The van der Waals surface area contributed by atoms with E-state index >= 15 is 0 Å². The SMILES string of the molecule is Cc1cc(C(C)Nc2cc(F)c(Br)cc2N)c(C)o1. The molecule has 1 aromatic heterocycles. The molecule has 0 saturated carbocycles. The molecule has 1 aromatic carbocycles. The monoisotopic (exact) mass is 326 g/mol. The molecule has 0 aliphatic rings. The molecule has 2 rings (SSSR count). The molecular formula is C14H16BrFN2O. The van der Waals surface area contributed by atoms with E-state index in [4.69, 9.17) is 10.2 Å². The zero-order chi connectivity index (χ0) is 14.2. The van der Waals surface area contributed by atoms with E-state index in [0.717, 1.165) is 17.1 Å². The predicted octanol–water partition coefficient (Wildman–Crippen LogP) is 4.55. The topological polar surface area (TPSA) is 51.2 Å². The van der Waals surface area contributed by atoms with E-state index in [-0.39, 0.29) is 11.9 Å². The molecule has 0 saturated heterocycles. The molecule has 0 fully saturated rings. The summed E-state index contributed by atoms with van der Waals surface area (Å²) in [4.78, 5) is 0. The number of furan rings is 1. The molecule has 0 amide bonds. The Kier molecular flexibility index (Phi) is 3.85. The van der Waals surface area contributed by atoms with Gasteiger partial charge in [-0.15, -0.1) is 0 Å². The molecule has 0 aliphatic carbocycles. The Labute approximate surface area is 120 Å². The van der Waals surface area contributed by atoms with Crippen LogP contribution in [0, 0.1) is 19.7 Å². The third kappa shape index (κ3) is 2.92. The Bertz CT molecular complexity index is 610. The van der Waals surface area contributed by atoms with Crippen LogP contribution >= 0.6 is 15.9 Å². The highest BCUT2D eigenvalue weighted by molar-refractivity contribution is 9.10. The number of rotatable bonds is 3. The Morgan fingerprint density at radius 3 is 2.58 bits per heavy atom. The number of nitrogens with two attached hydrogens (primary N) is 1. The van der Waals surface area contributed by atoms with Crippen LogP contribution in [0.1, 0.15) is 30.0 Å². The van der Waals surface area contributed by atoms with Gasteiger partial charge in [-0.05, 0) is 48.8 Å². The van der Waals surface area contributed by atoms with Crippen molar-refractivity contribution in [3.05, 3.63) is 45.6 Å². The molecule has 1 heterocycles. The molecule has 2 aromatic rings. The minimum atomic E-state index is -0.344. The van der Waals surface area contributed by atoms with Gasteiger partial charge < -0.3 is 15.5 Å². The van der Waals surface area contributed by atoms with Gasteiger partial charge in [-0.1, -0.05) is 0 Å². The smallest absolute Gasteiger partial charge is 0.139 e. The Morgan fingerprint density at radius 1 is 1.32 bits per heavy atom. The maximum absolute atomic E-state index is 13.5. The van der Waals surface area contributed by atoms with Gasteiger partial charge in [-0.25, -0.2) is 4.39 Å². The van der Waals surface area contributed by atoms with Gasteiger partial charge in [0.05, 0.1) is 21.9 Å². The number of halogens is 2. The summed E-state index contributed by atoms with van der Waals surface area (Å²) in [6.07, 6.45) is 0. The number of hydrogen-bond donors (Lipinski definition) is 2. The highest BCUT2D eigenvalue weighted by Crippen LogP contribution is 2.30. The first kappa shape index (κ1) is 13.9. The van der Waals surface area contributed by atoms with Crippen LogP contribution in [0.2, 0.25) is 0 Å². The third-order valence-corrected chi connectivity index (χ3v) is 3.62. The Hall–Kier alpha value is -1.49. The van der Waals surface area contributed by atoms with Crippen LogP contribution in [0.15, 0.2) is 27.1 Å². The maximum Gasteiger partial charge on any atom is 0.139 e. The summed E-state index contributed by atoms with van der Waals surface area (Å²) < 4.78 is 19.4. The zero-order valence-electron chi connectivity index (χ0n) is 11.1. The van der Waals surface area contributed by atoms with Crippen molar-refractivity contribution >= 4 is 27.3 Å². The second-order valence-electron chi connectivity index (χ2n) is 4.59. The van der Waals surface area contributed by atoms with Gasteiger partial charge in [0.15, 0.2) is 0 Å². The molecule has 0 aliphatic heterocycles. The van der Waals surface area contributed by atoms with Gasteiger partial charge in [-0.2, -0.15) is 0 Å². The molecule has 3 nitrogen and oxygen atoms in total. The number of nitrogens with one attached hydrogen (secondary N) is 1. The highest BCUT2D eigenvalue weighted by atomic mass is 79.9. The summed E-state index contributed by atoms with van der Waals surface area (Å²) in [5.41, 5.74) is 7.99. The normalized spacial score (nSPS) is 12.5. The maximum atomic E-state index is 13.5. The Balaban J connectivity index is 2.26. The van der Waals surface area contributed by atoms with Crippen LogP contribution in [0.4, 0.5) is 15.8 Å². The first-order valence-electron chi connectivity index (χ1n) is 5.96. The Morgan fingerprint density at radius 2 is 2.00 bits per heavy atom. The number of hydrogen-bond acceptors (Lipinski definition) is 3. The van der Waals surface area contributed by atoms with E-state index < -0.39 is 0 Å².